The summed E-state index contributed by atoms with van der Waals surface area (Å²) in [5.74, 6) is -2.26. The number of piperazine rings is 1. The van der Waals surface area contributed by atoms with Gasteiger partial charge in [0, 0.05) is 69.5 Å². The Labute approximate surface area is 407 Å². The standard InChI is InChI=1S/C36H47N5O4.C17H18FN3O4/c1-36(2,3)39-35(45)31-24-40(22-26-12-9-15-37-21-26)16-17-41(31)23-29(42)19-28(18-25-10-5-4-6-11-25)34(44)38-33-30-14-8-7-13-27(30)20-32(33)43;1-17(2)16-20-12(13(22)15(24)21(16)7-8-25-17)14(23)19-9-10-3-5-11(18)6-4-10/h4-15,21,28-29,31-33,42-43H,16-20,22-24H2,1-3H3,(H,38,44)(H,39,45);3-6,22H,7-9H2,1-2H3,(H,19,23)/t28-,29-,31-,32+,33-;/m0./s1. The summed E-state index contributed by atoms with van der Waals surface area (Å²) in [6.45, 7) is 12.9. The molecule has 0 unspecified atom stereocenters. The van der Waals surface area contributed by atoms with Crippen LogP contribution in [0.4, 0.5) is 4.39 Å². The highest BCUT2D eigenvalue weighted by atomic mass is 19.1. The van der Waals surface area contributed by atoms with E-state index in [4.69, 9.17) is 4.74 Å². The third-order valence-corrected chi connectivity index (χ3v) is 12.7. The summed E-state index contributed by atoms with van der Waals surface area (Å²) >= 11 is 0. The van der Waals surface area contributed by atoms with Crippen LogP contribution in [0.3, 0.4) is 0 Å². The van der Waals surface area contributed by atoms with Crippen molar-refractivity contribution in [1.82, 2.24) is 40.3 Å². The summed E-state index contributed by atoms with van der Waals surface area (Å²) in [7, 11) is 0. The molecule has 3 amide bonds. The molecule has 1 saturated heterocycles. The maximum absolute atomic E-state index is 13.8. The molecule has 17 heteroatoms. The van der Waals surface area contributed by atoms with E-state index < -0.39 is 58.6 Å². The molecule has 6 N–H and O–H groups in total. The zero-order valence-corrected chi connectivity index (χ0v) is 40.5. The van der Waals surface area contributed by atoms with Crippen LogP contribution in [0.5, 0.6) is 5.75 Å². The van der Waals surface area contributed by atoms with Gasteiger partial charge in [0.2, 0.25) is 17.6 Å². The van der Waals surface area contributed by atoms with Gasteiger partial charge in [-0.3, -0.25) is 38.5 Å². The molecule has 8 rings (SSSR count). The number of hydrogen-bond acceptors (Lipinski definition) is 12. The number of benzene rings is 3. The lowest BCUT2D eigenvalue weighted by Gasteiger charge is -2.42. The van der Waals surface area contributed by atoms with Gasteiger partial charge in [-0.25, -0.2) is 9.37 Å². The number of aromatic hydroxyl groups is 1. The summed E-state index contributed by atoms with van der Waals surface area (Å²) in [5.41, 5.74) is 2.48. The van der Waals surface area contributed by atoms with Gasteiger partial charge >= 0.3 is 0 Å². The first-order chi connectivity index (χ1) is 33.3. The fourth-order valence-corrected chi connectivity index (χ4v) is 9.26. The van der Waals surface area contributed by atoms with Crippen LogP contribution in [-0.2, 0) is 52.4 Å². The van der Waals surface area contributed by atoms with E-state index in [1.165, 1.54) is 28.8 Å². The highest BCUT2D eigenvalue weighted by Crippen LogP contribution is 2.32. The number of aliphatic hydroxyl groups excluding tert-OH is 2. The van der Waals surface area contributed by atoms with Crippen LogP contribution in [0.1, 0.15) is 91.2 Å². The van der Waals surface area contributed by atoms with Crippen molar-refractivity contribution in [2.24, 2.45) is 5.92 Å². The molecule has 3 aliphatic rings. The van der Waals surface area contributed by atoms with E-state index in [0.717, 1.165) is 28.8 Å². The minimum Gasteiger partial charge on any atom is -0.501 e. The average molecular weight is 961 g/mol. The second kappa shape index (κ2) is 22.6. The molecule has 3 aromatic carbocycles. The van der Waals surface area contributed by atoms with Crippen LogP contribution in [-0.4, -0.2) is 114 Å². The molecular formula is C53H65FN8O8. The summed E-state index contributed by atoms with van der Waals surface area (Å²) < 4.78 is 19.8. The third-order valence-electron chi connectivity index (χ3n) is 12.7. The van der Waals surface area contributed by atoms with Crippen molar-refractivity contribution in [1.29, 1.82) is 0 Å². The van der Waals surface area contributed by atoms with E-state index in [1.807, 2.05) is 93.7 Å². The number of β-amino-alcohol motifs (C(OH)–C–C–N with tert-alkyl or cyclic N) is 1. The van der Waals surface area contributed by atoms with Gasteiger partial charge < -0.3 is 36.0 Å². The third kappa shape index (κ3) is 13.3. The summed E-state index contributed by atoms with van der Waals surface area (Å²) in [6.07, 6.45) is 3.26. The van der Waals surface area contributed by atoms with Gasteiger partial charge in [0.1, 0.15) is 23.3 Å². The number of pyridine rings is 1. The lowest BCUT2D eigenvalue weighted by Crippen LogP contribution is -2.61. The quantitative estimate of drug-likeness (QED) is 0.0928. The predicted octanol–water partition coefficient (Wildman–Crippen LogP) is 4.15. The van der Waals surface area contributed by atoms with E-state index in [9.17, 15) is 38.9 Å². The molecule has 372 valence electrons. The maximum atomic E-state index is 13.8. The van der Waals surface area contributed by atoms with E-state index in [1.54, 1.807) is 20.0 Å². The molecular weight excluding hydrogens is 896 g/mol. The van der Waals surface area contributed by atoms with Crippen molar-refractivity contribution in [2.45, 2.75) is 109 Å². The number of aliphatic hydroxyl groups is 2. The van der Waals surface area contributed by atoms with Crippen molar-refractivity contribution in [2.75, 3.05) is 32.8 Å². The van der Waals surface area contributed by atoms with Crippen molar-refractivity contribution < 1.29 is 38.8 Å². The summed E-state index contributed by atoms with van der Waals surface area (Å²) in [6, 6.07) is 26.2. The predicted molar refractivity (Wildman–Crippen MR) is 261 cm³/mol. The normalized spacial score (nSPS) is 19.6. The van der Waals surface area contributed by atoms with Gasteiger partial charge in [-0.15, -0.1) is 0 Å². The molecule has 5 atom stereocenters. The Morgan fingerprint density at radius 3 is 2.36 bits per heavy atom. The van der Waals surface area contributed by atoms with Gasteiger partial charge in [-0.2, -0.15) is 0 Å². The number of fused-ring (bicyclic) bond motifs is 2. The molecule has 2 aromatic heterocycles. The molecule has 16 nitrogen and oxygen atoms in total. The molecule has 0 radical (unpaired) electrons. The number of nitrogens with zero attached hydrogens (tertiary/aromatic N) is 5. The smallest absolute Gasteiger partial charge is 0.296 e. The average Bonchev–Trinajstić information content (AvgIpc) is 3.64. The Hall–Kier alpha value is -6.37. The number of carbonyl (C=O) groups excluding carboxylic acids is 3. The van der Waals surface area contributed by atoms with Crippen molar-refractivity contribution in [3.05, 3.63) is 159 Å². The topological polar surface area (TPSA) is 211 Å². The highest BCUT2D eigenvalue weighted by Gasteiger charge is 2.38. The minimum atomic E-state index is -0.850. The number of nitrogens with one attached hydrogen (secondary N) is 3. The number of carbonyl (C=O) groups is 3. The molecule has 2 aliphatic heterocycles. The Morgan fingerprint density at radius 1 is 0.929 bits per heavy atom. The van der Waals surface area contributed by atoms with Gasteiger partial charge in [0.15, 0.2) is 5.69 Å². The zero-order valence-electron chi connectivity index (χ0n) is 40.5. The second-order valence-electron chi connectivity index (χ2n) is 19.8. The van der Waals surface area contributed by atoms with Crippen LogP contribution in [0.2, 0.25) is 0 Å². The lowest BCUT2D eigenvalue weighted by atomic mass is 9.91. The van der Waals surface area contributed by atoms with Crippen molar-refractivity contribution in [3.63, 3.8) is 0 Å². The van der Waals surface area contributed by atoms with Crippen LogP contribution in [0.25, 0.3) is 0 Å². The van der Waals surface area contributed by atoms with Gasteiger partial charge in [-0.1, -0.05) is 72.8 Å². The minimum absolute atomic E-state index is 0.0712. The van der Waals surface area contributed by atoms with E-state index in [-0.39, 0.29) is 55.2 Å². The SMILES string of the molecule is CC(C)(C)NC(=O)[C@@H]1CN(Cc2cccnc2)CCN1C[C@@H](O)C[C@H](Cc1ccccc1)C(=O)N[C@H]1c2ccccc2C[C@H]1O.CC1(C)OCCn2c1nc(C(=O)NCc1ccc(F)cc1)c(O)c2=O. The zero-order chi connectivity index (χ0) is 50.2. The summed E-state index contributed by atoms with van der Waals surface area (Å²) in [5, 5.41) is 41.1. The molecule has 0 spiro atoms. The Kier molecular flexibility index (Phi) is 16.6. The highest BCUT2D eigenvalue weighted by molar-refractivity contribution is 5.94. The maximum Gasteiger partial charge on any atom is 0.296 e. The van der Waals surface area contributed by atoms with Crippen molar-refractivity contribution >= 4 is 17.7 Å². The van der Waals surface area contributed by atoms with Crippen LogP contribution in [0, 0.1) is 11.7 Å². The van der Waals surface area contributed by atoms with Crippen LogP contribution < -0.4 is 21.5 Å². The van der Waals surface area contributed by atoms with E-state index in [2.05, 4.69) is 35.7 Å². The molecule has 1 aliphatic carbocycles. The van der Waals surface area contributed by atoms with Crippen molar-refractivity contribution in [3.8, 4) is 5.75 Å². The lowest BCUT2D eigenvalue weighted by molar-refractivity contribution is -0.132. The number of rotatable bonds is 14. The molecule has 4 heterocycles. The largest absolute Gasteiger partial charge is 0.501 e. The van der Waals surface area contributed by atoms with Crippen LogP contribution >= 0.6 is 0 Å². The Balaban J connectivity index is 0.000000243. The summed E-state index contributed by atoms with van der Waals surface area (Å²) in [4.78, 5) is 64.7. The molecule has 5 aromatic rings. The molecule has 0 saturated carbocycles. The van der Waals surface area contributed by atoms with Gasteiger partial charge in [0.25, 0.3) is 11.5 Å². The Bertz CT molecular complexity index is 2640. The number of hydrogen-bond donors (Lipinski definition) is 6. The van der Waals surface area contributed by atoms with E-state index >= 15 is 0 Å². The number of aromatic nitrogens is 3. The first-order valence-electron chi connectivity index (χ1n) is 23.8. The molecule has 1 fully saturated rings. The van der Waals surface area contributed by atoms with E-state index in [0.29, 0.717) is 44.6 Å². The number of amides is 3. The molecule has 70 heavy (non-hydrogen) atoms. The number of ether oxygens (including phenoxy) is 1. The van der Waals surface area contributed by atoms with Gasteiger partial charge in [-0.05, 0) is 93.5 Å². The molecule has 0 bridgehead atoms. The first kappa shape index (κ1) is 51.5. The fourth-order valence-electron chi connectivity index (χ4n) is 9.26. The Morgan fingerprint density at radius 2 is 1.64 bits per heavy atom. The van der Waals surface area contributed by atoms with Gasteiger partial charge in [0.05, 0.1) is 31.4 Å². The second-order valence-corrected chi connectivity index (χ2v) is 19.8. The first-order valence-corrected chi connectivity index (χ1v) is 23.8. The van der Waals surface area contributed by atoms with Crippen LogP contribution in [0.15, 0.2) is 108 Å². The monoisotopic (exact) mass is 960 g/mol. The fraction of sp³-hybridized carbons (Fsp3) is 0.434. The number of halogens is 1.